The van der Waals surface area contributed by atoms with E-state index in [-0.39, 0.29) is 24.8 Å². The summed E-state index contributed by atoms with van der Waals surface area (Å²) < 4.78 is 5.17. The second-order valence-electron chi connectivity index (χ2n) is 5.21. The first-order chi connectivity index (χ1) is 11.5. The molecule has 0 radical (unpaired) electrons. The van der Waals surface area contributed by atoms with Crippen molar-refractivity contribution >= 4 is 29.1 Å². The van der Waals surface area contributed by atoms with Crippen LogP contribution in [-0.4, -0.2) is 25.5 Å². The number of hydrogen-bond donors (Lipinski definition) is 2. The summed E-state index contributed by atoms with van der Waals surface area (Å²) in [6.07, 6.45) is 0.146. The number of benzene rings is 2. The van der Waals surface area contributed by atoms with Crippen LogP contribution in [0.3, 0.4) is 0 Å². The molecular weight excluding hydrogens is 328 g/mol. The van der Waals surface area contributed by atoms with Crippen LogP contribution in [0.1, 0.15) is 22.3 Å². The van der Waals surface area contributed by atoms with Gasteiger partial charge in [0.25, 0.3) is 5.91 Å². The van der Waals surface area contributed by atoms with Gasteiger partial charge in [-0.05, 0) is 36.8 Å². The normalized spacial score (nSPS) is 10.1. The molecule has 0 aliphatic heterocycles. The standard InChI is InChI=1S/C18H19ClN2O3/c1-12-5-3-4-6-14(12)18(23)20-10-9-17(22)21-15-11-13(19)7-8-16(15)24-2/h3-8,11H,9-10H2,1-2H3,(H,20,23)(H,21,22). The molecule has 24 heavy (non-hydrogen) atoms. The van der Waals surface area contributed by atoms with E-state index in [0.717, 1.165) is 5.56 Å². The molecule has 2 aromatic carbocycles. The van der Waals surface area contributed by atoms with Crippen LogP contribution in [0.5, 0.6) is 5.75 Å². The summed E-state index contributed by atoms with van der Waals surface area (Å²) in [5.74, 6) is 0.0959. The van der Waals surface area contributed by atoms with Gasteiger partial charge in [-0.15, -0.1) is 0 Å². The molecule has 0 aromatic heterocycles. The lowest BCUT2D eigenvalue weighted by molar-refractivity contribution is -0.116. The first-order valence-corrected chi connectivity index (χ1v) is 7.86. The third-order valence-electron chi connectivity index (χ3n) is 3.46. The molecule has 6 heteroatoms. The third kappa shape index (κ3) is 4.73. The number of rotatable bonds is 6. The minimum absolute atomic E-state index is 0.146. The lowest BCUT2D eigenvalue weighted by Crippen LogP contribution is -2.28. The summed E-state index contributed by atoms with van der Waals surface area (Å²) in [6, 6.07) is 12.3. The van der Waals surface area contributed by atoms with Crippen molar-refractivity contribution in [3.8, 4) is 5.75 Å². The van der Waals surface area contributed by atoms with E-state index in [1.165, 1.54) is 7.11 Å². The third-order valence-corrected chi connectivity index (χ3v) is 3.70. The second kappa shape index (κ2) is 8.36. The van der Waals surface area contributed by atoms with Crippen molar-refractivity contribution in [2.75, 3.05) is 19.0 Å². The summed E-state index contributed by atoms with van der Waals surface area (Å²) >= 11 is 5.92. The van der Waals surface area contributed by atoms with Crippen LogP contribution >= 0.6 is 11.6 Å². The molecule has 0 aliphatic carbocycles. The molecule has 2 N–H and O–H groups in total. The Morgan fingerprint density at radius 3 is 2.62 bits per heavy atom. The highest BCUT2D eigenvalue weighted by atomic mass is 35.5. The average molecular weight is 347 g/mol. The van der Waals surface area contributed by atoms with Gasteiger partial charge in [0, 0.05) is 23.6 Å². The van der Waals surface area contributed by atoms with E-state index in [2.05, 4.69) is 10.6 Å². The van der Waals surface area contributed by atoms with Crippen LogP contribution in [0.25, 0.3) is 0 Å². The van der Waals surface area contributed by atoms with Crippen molar-refractivity contribution in [2.24, 2.45) is 0 Å². The van der Waals surface area contributed by atoms with E-state index in [1.807, 2.05) is 19.1 Å². The van der Waals surface area contributed by atoms with Gasteiger partial charge in [0.15, 0.2) is 0 Å². The van der Waals surface area contributed by atoms with Crippen molar-refractivity contribution in [3.05, 3.63) is 58.6 Å². The lowest BCUT2D eigenvalue weighted by atomic mass is 10.1. The maximum absolute atomic E-state index is 12.1. The fraction of sp³-hybridized carbons (Fsp3) is 0.222. The zero-order chi connectivity index (χ0) is 17.5. The molecule has 0 bridgehead atoms. The predicted octanol–water partition coefficient (Wildman–Crippen LogP) is 3.42. The molecule has 2 amide bonds. The monoisotopic (exact) mass is 346 g/mol. The number of nitrogens with one attached hydrogen (secondary N) is 2. The van der Waals surface area contributed by atoms with Gasteiger partial charge in [-0.3, -0.25) is 9.59 Å². The zero-order valence-corrected chi connectivity index (χ0v) is 14.3. The average Bonchev–Trinajstić information content (AvgIpc) is 2.55. The molecule has 0 unspecified atom stereocenters. The van der Waals surface area contributed by atoms with Crippen LogP contribution in [0, 0.1) is 6.92 Å². The molecule has 126 valence electrons. The summed E-state index contributed by atoms with van der Waals surface area (Å²) in [5, 5.41) is 5.97. The Kier molecular flexibility index (Phi) is 6.21. The van der Waals surface area contributed by atoms with Gasteiger partial charge in [-0.2, -0.15) is 0 Å². The highest BCUT2D eigenvalue weighted by molar-refractivity contribution is 6.31. The van der Waals surface area contributed by atoms with E-state index in [0.29, 0.717) is 22.0 Å². The lowest BCUT2D eigenvalue weighted by Gasteiger charge is -2.11. The summed E-state index contributed by atoms with van der Waals surface area (Å²) in [5.41, 5.74) is 2.00. The van der Waals surface area contributed by atoms with E-state index < -0.39 is 0 Å². The summed E-state index contributed by atoms with van der Waals surface area (Å²) in [4.78, 5) is 24.1. The first kappa shape index (κ1) is 17.8. The van der Waals surface area contributed by atoms with Crippen molar-refractivity contribution in [3.63, 3.8) is 0 Å². The Labute approximate surface area is 146 Å². The van der Waals surface area contributed by atoms with Gasteiger partial charge in [0.1, 0.15) is 5.75 Å². The summed E-state index contributed by atoms with van der Waals surface area (Å²) in [7, 11) is 1.52. The molecule has 0 saturated carbocycles. The van der Waals surface area contributed by atoms with Gasteiger partial charge in [0.2, 0.25) is 5.91 Å². The Bertz CT molecular complexity index is 747. The molecule has 0 atom stereocenters. The molecular formula is C18H19ClN2O3. The van der Waals surface area contributed by atoms with Crippen LogP contribution in [-0.2, 0) is 4.79 Å². The zero-order valence-electron chi connectivity index (χ0n) is 13.6. The molecule has 0 fully saturated rings. The number of aryl methyl sites for hydroxylation is 1. The maximum Gasteiger partial charge on any atom is 0.251 e. The Balaban J connectivity index is 1.87. The minimum Gasteiger partial charge on any atom is -0.495 e. The Hall–Kier alpha value is -2.53. The smallest absolute Gasteiger partial charge is 0.251 e. The number of carbonyl (C=O) groups excluding carboxylic acids is 2. The van der Waals surface area contributed by atoms with Crippen molar-refractivity contribution in [1.82, 2.24) is 5.32 Å². The highest BCUT2D eigenvalue weighted by Gasteiger charge is 2.11. The van der Waals surface area contributed by atoms with Crippen LogP contribution < -0.4 is 15.4 Å². The fourth-order valence-electron chi connectivity index (χ4n) is 2.20. The van der Waals surface area contributed by atoms with Crippen molar-refractivity contribution in [1.29, 1.82) is 0 Å². The molecule has 5 nitrogen and oxygen atoms in total. The van der Waals surface area contributed by atoms with Crippen LogP contribution in [0.4, 0.5) is 5.69 Å². The minimum atomic E-state index is -0.236. The van der Waals surface area contributed by atoms with Crippen molar-refractivity contribution < 1.29 is 14.3 Å². The van der Waals surface area contributed by atoms with Gasteiger partial charge in [-0.25, -0.2) is 0 Å². The van der Waals surface area contributed by atoms with Crippen LogP contribution in [0.2, 0.25) is 5.02 Å². The number of methoxy groups -OCH3 is 1. The molecule has 0 heterocycles. The number of ether oxygens (including phenoxy) is 1. The molecule has 0 spiro atoms. The van der Waals surface area contributed by atoms with E-state index in [9.17, 15) is 9.59 Å². The fourth-order valence-corrected chi connectivity index (χ4v) is 2.38. The van der Waals surface area contributed by atoms with E-state index in [1.54, 1.807) is 30.3 Å². The van der Waals surface area contributed by atoms with Crippen molar-refractivity contribution in [2.45, 2.75) is 13.3 Å². The number of hydrogen-bond acceptors (Lipinski definition) is 3. The van der Waals surface area contributed by atoms with Gasteiger partial charge < -0.3 is 15.4 Å². The predicted molar refractivity (Wildman–Crippen MR) is 94.8 cm³/mol. The maximum atomic E-state index is 12.1. The highest BCUT2D eigenvalue weighted by Crippen LogP contribution is 2.27. The Morgan fingerprint density at radius 2 is 1.92 bits per heavy atom. The molecule has 0 aliphatic rings. The van der Waals surface area contributed by atoms with Gasteiger partial charge >= 0.3 is 0 Å². The first-order valence-electron chi connectivity index (χ1n) is 7.48. The number of amides is 2. The topological polar surface area (TPSA) is 67.4 Å². The van der Waals surface area contributed by atoms with Crippen LogP contribution in [0.15, 0.2) is 42.5 Å². The number of carbonyl (C=O) groups is 2. The number of halogens is 1. The largest absolute Gasteiger partial charge is 0.495 e. The Morgan fingerprint density at radius 1 is 1.17 bits per heavy atom. The molecule has 0 saturated heterocycles. The summed E-state index contributed by atoms with van der Waals surface area (Å²) in [6.45, 7) is 2.11. The van der Waals surface area contributed by atoms with Gasteiger partial charge in [0.05, 0.1) is 12.8 Å². The quantitative estimate of drug-likeness (QED) is 0.842. The number of anilines is 1. The van der Waals surface area contributed by atoms with Gasteiger partial charge in [-0.1, -0.05) is 29.8 Å². The molecule has 2 rings (SSSR count). The molecule has 2 aromatic rings. The van der Waals surface area contributed by atoms with E-state index >= 15 is 0 Å². The SMILES string of the molecule is COc1ccc(Cl)cc1NC(=O)CCNC(=O)c1ccccc1C. The second-order valence-corrected chi connectivity index (χ2v) is 5.65. The van der Waals surface area contributed by atoms with E-state index in [4.69, 9.17) is 16.3 Å².